The van der Waals surface area contributed by atoms with Crippen LogP contribution < -0.4 is 16.0 Å². The van der Waals surface area contributed by atoms with Crippen molar-refractivity contribution >= 4 is 55.6 Å². The van der Waals surface area contributed by atoms with Crippen molar-refractivity contribution in [3.63, 3.8) is 0 Å². The molecule has 0 spiro atoms. The number of nitrogens with one attached hydrogen (secondary N) is 3. The molecule has 4 aromatic carbocycles. The number of amides is 2. The number of carbonyl (C=O) groups is 2. The minimum Gasteiger partial charge on any atom is -0.340 e. The fourth-order valence-corrected chi connectivity index (χ4v) is 6.51. The zero-order chi connectivity index (χ0) is 34.4. The predicted octanol–water partition coefficient (Wildman–Crippen LogP) is 6.39. The maximum absolute atomic E-state index is 13.6. The van der Waals surface area contributed by atoms with Crippen LogP contribution in [0.1, 0.15) is 10.4 Å². The minimum atomic E-state index is -3.86. The van der Waals surface area contributed by atoms with Gasteiger partial charge in [0, 0.05) is 58.5 Å². The lowest BCUT2D eigenvalue weighted by Crippen LogP contribution is -2.13. The summed E-state index contributed by atoms with van der Waals surface area (Å²) in [6.07, 6.45) is 6.24. The first-order valence-corrected chi connectivity index (χ1v) is 16.8. The number of fused-ring (bicyclic) bond motifs is 1. The summed E-state index contributed by atoms with van der Waals surface area (Å²) in [5.74, 6) is -0.0839. The SMILES string of the molecule is CN(C)C/C=C/C(=O)Nc1ccc(C(=O)Nc2cccc(Nc3cc(-c4cn(S(=O)(=O)c5ccccc5)c5ccccc45)ncn3)c2)cc1. The van der Waals surface area contributed by atoms with Crippen LogP contribution in [0.15, 0.2) is 139 Å². The first kappa shape index (κ1) is 32.8. The molecule has 49 heavy (non-hydrogen) atoms. The third-order valence-electron chi connectivity index (χ3n) is 7.47. The zero-order valence-corrected chi connectivity index (χ0v) is 27.6. The van der Waals surface area contributed by atoms with E-state index in [1.165, 1.54) is 16.4 Å². The van der Waals surface area contributed by atoms with Crippen molar-refractivity contribution in [1.29, 1.82) is 0 Å². The summed E-state index contributed by atoms with van der Waals surface area (Å²) in [4.78, 5) is 36.1. The number of anilines is 4. The van der Waals surface area contributed by atoms with Crippen LogP contribution in [-0.2, 0) is 14.8 Å². The van der Waals surface area contributed by atoms with Crippen LogP contribution in [0.3, 0.4) is 0 Å². The molecule has 3 N–H and O–H groups in total. The molecule has 6 aromatic rings. The van der Waals surface area contributed by atoms with Gasteiger partial charge in [0.05, 0.1) is 16.1 Å². The highest BCUT2D eigenvalue weighted by molar-refractivity contribution is 7.90. The van der Waals surface area contributed by atoms with E-state index >= 15 is 0 Å². The Morgan fingerprint density at radius 3 is 2.31 bits per heavy atom. The summed E-state index contributed by atoms with van der Waals surface area (Å²) in [6, 6.07) is 31.1. The summed E-state index contributed by atoms with van der Waals surface area (Å²) in [6.45, 7) is 0.652. The second-order valence-electron chi connectivity index (χ2n) is 11.4. The molecule has 0 radical (unpaired) electrons. The summed E-state index contributed by atoms with van der Waals surface area (Å²) >= 11 is 0. The van der Waals surface area contributed by atoms with Gasteiger partial charge >= 0.3 is 0 Å². The Labute approximate surface area is 284 Å². The van der Waals surface area contributed by atoms with Gasteiger partial charge in [0.15, 0.2) is 0 Å². The summed E-state index contributed by atoms with van der Waals surface area (Å²) in [7, 11) is -0.0226. The van der Waals surface area contributed by atoms with Crippen molar-refractivity contribution in [3.05, 3.63) is 139 Å². The highest BCUT2D eigenvalue weighted by Gasteiger charge is 2.22. The fourth-order valence-electron chi connectivity index (χ4n) is 5.12. The molecule has 0 saturated carbocycles. The molecular weight excluding hydrogens is 639 g/mol. The number of hydrogen-bond acceptors (Lipinski definition) is 8. The molecule has 2 aromatic heterocycles. The third-order valence-corrected chi connectivity index (χ3v) is 9.16. The average molecular weight is 672 g/mol. The van der Waals surface area contributed by atoms with E-state index in [0.717, 1.165) is 5.39 Å². The molecular formula is C37H33N7O4S. The maximum atomic E-state index is 13.6. The van der Waals surface area contributed by atoms with Gasteiger partial charge in [-0.25, -0.2) is 22.4 Å². The largest absolute Gasteiger partial charge is 0.340 e. The Morgan fingerprint density at radius 1 is 0.796 bits per heavy atom. The summed E-state index contributed by atoms with van der Waals surface area (Å²) < 4.78 is 28.4. The van der Waals surface area contributed by atoms with E-state index in [9.17, 15) is 18.0 Å². The van der Waals surface area contributed by atoms with E-state index in [-0.39, 0.29) is 16.7 Å². The molecule has 0 bridgehead atoms. The van der Waals surface area contributed by atoms with E-state index in [1.54, 1.807) is 103 Å². The number of nitrogens with zero attached hydrogens (tertiary/aromatic N) is 4. The second kappa shape index (κ2) is 14.3. The molecule has 0 aliphatic heterocycles. The van der Waals surface area contributed by atoms with Gasteiger partial charge in [0.2, 0.25) is 5.91 Å². The first-order chi connectivity index (χ1) is 23.7. The van der Waals surface area contributed by atoms with Crippen LogP contribution in [0.5, 0.6) is 0 Å². The summed E-state index contributed by atoms with van der Waals surface area (Å²) in [5, 5.41) is 9.65. The molecule has 12 heteroatoms. The van der Waals surface area contributed by atoms with Crippen molar-refractivity contribution in [3.8, 4) is 11.3 Å². The smallest absolute Gasteiger partial charge is 0.268 e. The van der Waals surface area contributed by atoms with Gasteiger partial charge < -0.3 is 20.9 Å². The van der Waals surface area contributed by atoms with Crippen LogP contribution in [0.4, 0.5) is 22.9 Å². The minimum absolute atomic E-state index is 0.184. The van der Waals surface area contributed by atoms with Crippen molar-refractivity contribution in [2.75, 3.05) is 36.6 Å². The molecule has 0 aliphatic rings. The highest BCUT2D eigenvalue weighted by Crippen LogP contribution is 2.33. The molecule has 0 saturated heterocycles. The molecule has 0 aliphatic carbocycles. The molecule has 2 amide bonds. The molecule has 11 nitrogen and oxygen atoms in total. The van der Waals surface area contributed by atoms with Crippen molar-refractivity contribution < 1.29 is 18.0 Å². The average Bonchev–Trinajstić information content (AvgIpc) is 3.50. The monoisotopic (exact) mass is 671 g/mol. The van der Waals surface area contributed by atoms with Crippen LogP contribution in [0.2, 0.25) is 0 Å². The Bertz CT molecular complexity index is 2270. The van der Waals surface area contributed by atoms with Crippen LogP contribution in [-0.4, -0.2) is 59.7 Å². The van der Waals surface area contributed by atoms with Crippen LogP contribution >= 0.6 is 0 Å². The molecule has 246 valence electrons. The lowest BCUT2D eigenvalue weighted by Gasteiger charge is -2.10. The topological polar surface area (TPSA) is 138 Å². The van der Waals surface area contributed by atoms with Gasteiger partial charge in [0.1, 0.15) is 12.1 Å². The lowest BCUT2D eigenvalue weighted by molar-refractivity contribution is -0.111. The van der Waals surface area contributed by atoms with Crippen LogP contribution in [0.25, 0.3) is 22.2 Å². The number of likely N-dealkylation sites (N-methyl/N-ethyl adjacent to an activating group) is 1. The van der Waals surface area contributed by atoms with Gasteiger partial charge in [-0.2, -0.15) is 0 Å². The van der Waals surface area contributed by atoms with E-state index in [1.807, 2.05) is 37.2 Å². The van der Waals surface area contributed by atoms with Crippen molar-refractivity contribution in [2.45, 2.75) is 4.90 Å². The van der Waals surface area contributed by atoms with E-state index in [4.69, 9.17) is 0 Å². The van der Waals surface area contributed by atoms with E-state index in [0.29, 0.717) is 51.8 Å². The first-order valence-electron chi connectivity index (χ1n) is 15.3. The second-order valence-corrected chi connectivity index (χ2v) is 13.2. The van der Waals surface area contributed by atoms with E-state index < -0.39 is 10.0 Å². The number of hydrogen-bond donors (Lipinski definition) is 3. The number of benzene rings is 4. The van der Waals surface area contributed by atoms with Gasteiger partial charge in [-0.1, -0.05) is 48.5 Å². The number of rotatable bonds is 11. The standard InChI is InChI=1S/C37H33N7O4S/c1-43(2)21-9-16-36(45)41-27-19-17-26(18-20-27)37(46)42-29-11-8-10-28(22-29)40-35-23-33(38-25-39-35)32-24-44(34-15-7-6-14-31(32)34)49(47,48)30-12-4-3-5-13-30/h3-20,22-25H,21H2,1-2H3,(H,41,45)(H,42,46)(H,38,39,40)/b16-9+. The van der Waals surface area contributed by atoms with Gasteiger partial charge in [-0.3, -0.25) is 9.59 Å². The quantitative estimate of drug-likeness (QED) is 0.135. The fraction of sp³-hybridized carbons (Fsp3) is 0.0811. The van der Waals surface area contributed by atoms with E-state index in [2.05, 4.69) is 25.9 Å². The maximum Gasteiger partial charge on any atom is 0.268 e. The molecule has 0 atom stereocenters. The normalized spacial score (nSPS) is 11.6. The number of carbonyl (C=O) groups excluding carboxylic acids is 2. The Morgan fingerprint density at radius 2 is 1.53 bits per heavy atom. The Kier molecular flexibility index (Phi) is 9.60. The molecule has 0 unspecified atom stereocenters. The third kappa shape index (κ3) is 7.73. The van der Waals surface area contributed by atoms with Gasteiger partial charge in [-0.05, 0) is 74.8 Å². The van der Waals surface area contributed by atoms with Crippen molar-refractivity contribution in [1.82, 2.24) is 18.8 Å². The molecule has 0 fully saturated rings. The predicted molar refractivity (Wildman–Crippen MR) is 192 cm³/mol. The van der Waals surface area contributed by atoms with Gasteiger partial charge in [-0.15, -0.1) is 0 Å². The number of para-hydroxylation sites is 1. The molecule has 2 heterocycles. The zero-order valence-electron chi connectivity index (χ0n) is 26.7. The highest BCUT2D eigenvalue weighted by atomic mass is 32.2. The Balaban J connectivity index is 1.16. The molecule has 6 rings (SSSR count). The van der Waals surface area contributed by atoms with Crippen molar-refractivity contribution in [2.24, 2.45) is 0 Å². The van der Waals surface area contributed by atoms with Crippen LogP contribution in [0, 0.1) is 0 Å². The van der Waals surface area contributed by atoms with Gasteiger partial charge in [0.25, 0.3) is 15.9 Å². The Hall–Kier alpha value is -6.11. The lowest BCUT2D eigenvalue weighted by atomic mass is 10.1. The summed E-state index contributed by atoms with van der Waals surface area (Å²) in [5.41, 5.74) is 3.92. The number of aromatic nitrogens is 3.